The zero-order chi connectivity index (χ0) is 17.6. The first-order valence-corrected chi connectivity index (χ1v) is 8.16. The summed E-state index contributed by atoms with van der Waals surface area (Å²) in [4.78, 5) is 5.74. The van der Waals surface area contributed by atoms with E-state index in [0.717, 1.165) is 35.7 Å². The lowest BCUT2D eigenvalue weighted by atomic mass is 10.1. The fraction of sp³-hybridized carbons (Fsp3) is 0.500. The van der Waals surface area contributed by atoms with Crippen LogP contribution in [-0.2, 0) is 6.42 Å². The van der Waals surface area contributed by atoms with Crippen molar-refractivity contribution in [2.75, 3.05) is 26.7 Å². The lowest BCUT2D eigenvalue weighted by molar-refractivity contribution is -0.143. The molecule has 0 atom stereocenters. The van der Waals surface area contributed by atoms with Crippen molar-refractivity contribution in [2.24, 2.45) is 0 Å². The van der Waals surface area contributed by atoms with Gasteiger partial charge in [0, 0.05) is 17.6 Å². The van der Waals surface area contributed by atoms with Crippen molar-refractivity contribution in [3.05, 3.63) is 36.0 Å². The van der Waals surface area contributed by atoms with Crippen molar-refractivity contribution in [3.63, 3.8) is 0 Å². The molecule has 0 spiro atoms. The monoisotopic (exact) mass is 340 g/mol. The van der Waals surface area contributed by atoms with Crippen molar-refractivity contribution in [2.45, 2.75) is 32.4 Å². The molecule has 0 bridgehead atoms. The third-order valence-corrected chi connectivity index (χ3v) is 3.71. The van der Waals surface area contributed by atoms with Crippen LogP contribution in [0.4, 0.5) is 13.2 Å². The Labute approximate surface area is 140 Å². The Morgan fingerprint density at radius 1 is 1.21 bits per heavy atom. The van der Waals surface area contributed by atoms with Gasteiger partial charge in [-0.3, -0.25) is 4.90 Å². The number of likely N-dealkylation sites (N-methyl/N-ethyl adjacent to an activating group) is 1. The van der Waals surface area contributed by atoms with Crippen molar-refractivity contribution >= 4 is 10.8 Å². The third-order valence-electron chi connectivity index (χ3n) is 3.71. The maximum atomic E-state index is 12.3. The lowest BCUT2D eigenvalue weighted by Crippen LogP contribution is -2.33. The summed E-state index contributed by atoms with van der Waals surface area (Å²) in [5, 5.41) is 1.92. The number of aryl methyl sites for hydroxylation is 1. The zero-order valence-electron chi connectivity index (χ0n) is 14.1. The predicted molar refractivity (Wildman–Crippen MR) is 89.4 cm³/mol. The molecular weight excluding hydrogens is 317 g/mol. The zero-order valence-corrected chi connectivity index (χ0v) is 14.1. The molecule has 0 aliphatic carbocycles. The van der Waals surface area contributed by atoms with E-state index >= 15 is 0 Å². The molecule has 3 nitrogen and oxygen atoms in total. The summed E-state index contributed by atoms with van der Waals surface area (Å²) in [6.07, 6.45) is -1.21. The average Bonchev–Trinajstić information content (AvgIpc) is 2.51. The molecule has 2 aromatic rings. The van der Waals surface area contributed by atoms with Crippen LogP contribution in [0, 0.1) is 0 Å². The Morgan fingerprint density at radius 2 is 1.96 bits per heavy atom. The molecule has 0 aliphatic rings. The van der Waals surface area contributed by atoms with Crippen molar-refractivity contribution in [3.8, 4) is 5.88 Å². The Hall–Kier alpha value is -1.82. The topological polar surface area (TPSA) is 25.4 Å². The fourth-order valence-corrected chi connectivity index (χ4v) is 2.50. The molecule has 6 heteroatoms. The molecule has 1 aromatic carbocycles. The molecule has 0 radical (unpaired) electrons. The van der Waals surface area contributed by atoms with Crippen LogP contribution in [0.25, 0.3) is 10.8 Å². The Bertz CT molecular complexity index is 658. The smallest absolute Gasteiger partial charge is 0.401 e. The first-order chi connectivity index (χ1) is 11.4. The summed E-state index contributed by atoms with van der Waals surface area (Å²) >= 11 is 0. The molecule has 0 amide bonds. The number of fused-ring (bicyclic) bond motifs is 1. The summed E-state index contributed by atoms with van der Waals surface area (Å²) in [6, 6.07) is 9.81. The van der Waals surface area contributed by atoms with Gasteiger partial charge in [0.1, 0.15) is 6.61 Å². The summed E-state index contributed by atoms with van der Waals surface area (Å²) in [6.45, 7) is 1.53. The van der Waals surface area contributed by atoms with E-state index in [1.54, 1.807) is 0 Å². The molecule has 0 unspecified atom stereocenters. The van der Waals surface area contributed by atoms with Gasteiger partial charge in [-0.2, -0.15) is 13.2 Å². The number of ether oxygens (including phenoxy) is 1. The Morgan fingerprint density at radius 3 is 2.67 bits per heavy atom. The second-order valence-electron chi connectivity index (χ2n) is 5.94. The first kappa shape index (κ1) is 18.5. The maximum absolute atomic E-state index is 12.3. The highest BCUT2D eigenvalue weighted by Gasteiger charge is 2.28. The number of benzene rings is 1. The van der Waals surface area contributed by atoms with Gasteiger partial charge < -0.3 is 4.74 Å². The number of aromatic nitrogens is 1. The summed E-state index contributed by atoms with van der Waals surface area (Å²) in [7, 11) is 1.43. The van der Waals surface area contributed by atoms with Crippen LogP contribution in [0.1, 0.15) is 25.5 Å². The fourth-order valence-electron chi connectivity index (χ4n) is 2.50. The van der Waals surface area contributed by atoms with Crippen LogP contribution in [0.15, 0.2) is 30.3 Å². The van der Waals surface area contributed by atoms with E-state index in [1.807, 2.05) is 30.3 Å². The Kier molecular flexibility index (Phi) is 6.43. The molecule has 0 N–H and O–H groups in total. The lowest BCUT2D eigenvalue weighted by Gasteiger charge is -2.18. The van der Waals surface area contributed by atoms with E-state index in [1.165, 1.54) is 11.9 Å². The van der Waals surface area contributed by atoms with Gasteiger partial charge in [0.05, 0.1) is 6.54 Å². The number of halogens is 3. The number of nitrogens with zero attached hydrogens (tertiary/aromatic N) is 2. The first-order valence-electron chi connectivity index (χ1n) is 8.16. The van der Waals surface area contributed by atoms with Gasteiger partial charge in [0.15, 0.2) is 0 Å². The third kappa shape index (κ3) is 5.67. The largest absolute Gasteiger partial charge is 0.476 e. The van der Waals surface area contributed by atoms with Crippen molar-refractivity contribution in [1.29, 1.82) is 0 Å². The minimum atomic E-state index is -4.19. The van der Waals surface area contributed by atoms with E-state index in [9.17, 15) is 13.2 Å². The molecule has 1 heterocycles. The van der Waals surface area contributed by atoms with Crippen LogP contribution in [0.2, 0.25) is 0 Å². The van der Waals surface area contributed by atoms with Crippen molar-refractivity contribution < 1.29 is 17.9 Å². The predicted octanol–water partition coefficient (Wildman–Crippen LogP) is 4.45. The normalized spacial score (nSPS) is 12.1. The van der Waals surface area contributed by atoms with Gasteiger partial charge in [0.25, 0.3) is 0 Å². The Balaban J connectivity index is 2.06. The molecule has 2 rings (SSSR count). The standard InChI is InChI=1S/C18H23F3N2O/c1-3-4-8-15-12-14-7-5-6-9-16(14)17(22-15)24-11-10-23(2)13-18(19,20)21/h5-7,9,12H,3-4,8,10-11,13H2,1-2H3. The summed E-state index contributed by atoms with van der Waals surface area (Å²) < 4.78 is 42.7. The molecule has 132 valence electrons. The summed E-state index contributed by atoms with van der Waals surface area (Å²) in [5.41, 5.74) is 0.953. The van der Waals surface area contributed by atoms with Crippen LogP contribution in [0.3, 0.4) is 0 Å². The molecule has 0 saturated carbocycles. The van der Waals surface area contributed by atoms with Crippen molar-refractivity contribution in [1.82, 2.24) is 9.88 Å². The highest BCUT2D eigenvalue weighted by atomic mass is 19.4. The van der Waals surface area contributed by atoms with Gasteiger partial charge >= 0.3 is 6.18 Å². The second-order valence-corrected chi connectivity index (χ2v) is 5.94. The number of hydrogen-bond donors (Lipinski definition) is 0. The number of unbranched alkanes of at least 4 members (excludes halogenated alkanes) is 1. The van der Waals surface area contributed by atoms with Crippen LogP contribution in [0.5, 0.6) is 5.88 Å². The molecule has 0 aliphatic heterocycles. The molecule has 0 fully saturated rings. The van der Waals surface area contributed by atoms with E-state index in [2.05, 4.69) is 11.9 Å². The van der Waals surface area contributed by atoms with E-state index < -0.39 is 12.7 Å². The highest BCUT2D eigenvalue weighted by Crippen LogP contribution is 2.25. The minimum Gasteiger partial charge on any atom is -0.476 e. The van der Waals surface area contributed by atoms with Gasteiger partial charge in [-0.15, -0.1) is 0 Å². The minimum absolute atomic E-state index is 0.167. The average molecular weight is 340 g/mol. The van der Waals surface area contributed by atoms with E-state index in [4.69, 9.17) is 4.74 Å². The SMILES string of the molecule is CCCCc1cc2ccccc2c(OCCN(C)CC(F)(F)F)n1. The molecule has 1 aromatic heterocycles. The molecule has 24 heavy (non-hydrogen) atoms. The maximum Gasteiger partial charge on any atom is 0.401 e. The molecule has 0 saturated heterocycles. The van der Waals surface area contributed by atoms with E-state index in [0.29, 0.717) is 5.88 Å². The van der Waals surface area contributed by atoms with Gasteiger partial charge in [-0.1, -0.05) is 31.5 Å². The van der Waals surface area contributed by atoms with Gasteiger partial charge in [0.2, 0.25) is 5.88 Å². The molecular formula is C18H23F3N2O. The highest BCUT2D eigenvalue weighted by molar-refractivity contribution is 5.87. The number of hydrogen-bond acceptors (Lipinski definition) is 3. The van der Waals surface area contributed by atoms with Gasteiger partial charge in [-0.25, -0.2) is 4.98 Å². The van der Waals surface area contributed by atoms with Crippen LogP contribution < -0.4 is 4.74 Å². The quantitative estimate of drug-likeness (QED) is 0.710. The van der Waals surface area contributed by atoms with Crippen LogP contribution in [-0.4, -0.2) is 42.8 Å². The number of alkyl halides is 3. The van der Waals surface area contributed by atoms with Crippen LogP contribution >= 0.6 is 0 Å². The van der Waals surface area contributed by atoms with E-state index in [-0.39, 0.29) is 13.2 Å². The number of rotatable bonds is 8. The summed E-state index contributed by atoms with van der Waals surface area (Å²) in [5.74, 6) is 0.500. The number of pyridine rings is 1. The second kappa shape index (κ2) is 8.33. The van der Waals surface area contributed by atoms with Gasteiger partial charge in [-0.05, 0) is 37.4 Å².